The van der Waals surface area contributed by atoms with E-state index in [-0.39, 0.29) is 0 Å². The molecule has 0 radical (unpaired) electrons. The molecule has 2 N–H and O–H groups in total. The van der Waals surface area contributed by atoms with Gasteiger partial charge in [0.1, 0.15) is 6.23 Å². The Labute approximate surface area is 86.0 Å². The number of benzene rings is 1. The second kappa shape index (κ2) is 5.13. The Balaban J connectivity index is 2.78. The van der Waals surface area contributed by atoms with Crippen LogP contribution in [0.15, 0.2) is 24.3 Å². The van der Waals surface area contributed by atoms with E-state index in [9.17, 15) is 5.11 Å². The number of hydrogen-bond acceptors (Lipinski definition) is 2. The molecule has 0 heterocycles. The monoisotopic (exact) mass is 193 g/mol. The number of rotatable bonds is 4. The molecule has 0 spiro atoms. The Hall–Kier alpha value is -0.860. The lowest BCUT2D eigenvalue weighted by atomic mass is 9.97. The average molecular weight is 193 g/mol. The molecule has 0 saturated carbocycles. The standard InChI is InChI=1S/C12H19NO/c1-4-9(2)10-5-7-11(8-6-10)12(14)13-3/h5-9,12-14H,4H2,1-3H3. The summed E-state index contributed by atoms with van der Waals surface area (Å²) in [5, 5.41) is 12.3. The van der Waals surface area contributed by atoms with Crippen LogP contribution in [0, 0.1) is 0 Å². The first-order valence-corrected chi connectivity index (χ1v) is 5.14. The lowest BCUT2D eigenvalue weighted by Crippen LogP contribution is -2.15. The first kappa shape index (κ1) is 11.2. The van der Waals surface area contributed by atoms with Crippen LogP contribution >= 0.6 is 0 Å². The SMILES string of the molecule is CCC(C)c1ccc(C(O)NC)cc1. The number of hydrogen-bond donors (Lipinski definition) is 2. The fraction of sp³-hybridized carbons (Fsp3) is 0.500. The van der Waals surface area contributed by atoms with Crippen LogP contribution in [-0.4, -0.2) is 12.2 Å². The maximum atomic E-state index is 9.50. The summed E-state index contributed by atoms with van der Waals surface area (Å²) in [6.45, 7) is 4.39. The van der Waals surface area contributed by atoms with Crippen molar-refractivity contribution in [2.24, 2.45) is 0 Å². The molecule has 78 valence electrons. The van der Waals surface area contributed by atoms with Crippen molar-refractivity contribution in [1.82, 2.24) is 5.32 Å². The lowest BCUT2D eigenvalue weighted by Gasteiger charge is -2.12. The minimum Gasteiger partial charge on any atom is -0.374 e. The Kier molecular flexibility index (Phi) is 4.11. The largest absolute Gasteiger partial charge is 0.374 e. The minimum absolute atomic E-state index is 0.555. The van der Waals surface area contributed by atoms with Gasteiger partial charge in [-0.2, -0.15) is 0 Å². The predicted octanol–water partition coefficient (Wildman–Crippen LogP) is 2.41. The van der Waals surface area contributed by atoms with E-state index in [2.05, 4.69) is 31.3 Å². The van der Waals surface area contributed by atoms with Crippen molar-refractivity contribution >= 4 is 0 Å². The number of nitrogens with one attached hydrogen (secondary N) is 1. The van der Waals surface area contributed by atoms with Gasteiger partial charge in [0, 0.05) is 0 Å². The third-order valence-corrected chi connectivity index (χ3v) is 2.71. The highest BCUT2D eigenvalue weighted by Crippen LogP contribution is 2.20. The summed E-state index contributed by atoms with van der Waals surface area (Å²) in [4.78, 5) is 0. The van der Waals surface area contributed by atoms with Crippen LogP contribution < -0.4 is 5.32 Å². The summed E-state index contributed by atoms with van der Waals surface area (Å²) in [7, 11) is 1.74. The molecule has 0 fully saturated rings. The third-order valence-electron chi connectivity index (χ3n) is 2.71. The van der Waals surface area contributed by atoms with E-state index in [0.29, 0.717) is 5.92 Å². The predicted molar refractivity (Wildman–Crippen MR) is 59.2 cm³/mol. The van der Waals surface area contributed by atoms with Crippen molar-refractivity contribution in [3.63, 3.8) is 0 Å². The van der Waals surface area contributed by atoms with Crippen LogP contribution in [-0.2, 0) is 0 Å². The van der Waals surface area contributed by atoms with Gasteiger partial charge in [0.05, 0.1) is 0 Å². The normalized spacial score (nSPS) is 15.1. The van der Waals surface area contributed by atoms with Gasteiger partial charge in [0.2, 0.25) is 0 Å². The van der Waals surface area contributed by atoms with Gasteiger partial charge in [-0.1, -0.05) is 38.1 Å². The summed E-state index contributed by atoms with van der Waals surface area (Å²) < 4.78 is 0. The Morgan fingerprint density at radius 1 is 1.21 bits per heavy atom. The van der Waals surface area contributed by atoms with E-state index >= 15 is 0 Å². The molecule has 2 unspecified atom stereocenters. The highest BCUT2D eigenvalue weighted by atomic mass is 16.3. The Bertz CT molecular complexity index is 239. The van der Waals surface area contributed by atoms with E-state index in [0.717, 1.165) is 12.0 Å². The van der Waals surface area contributed by atoms with Gasteiger partial charge in [-0.25, -0.2) is 0 Å². The van der Waals surface area contributed by atoms with Gasteiger partial charge in [0.25, 0.3) is 0 Å². The first-order chi connectivity index (χ1) is 6.69. The summed E-state index contributed by atoms with van der Waals surface area (Å²) in [6.07, 6.45) is 0.592. The van der Waals surface area contributed by atoms with Crippen molar-refractivity contribution in [3.05, 3.63) is 35.4 Å². The molecule has 1 aromatic rings. The molecule has 0 bridgehead atoms. The van der Waals surface area contributed by atoms with Crippen molar-refractivity contribution < 1.29 is 5.11 Å². The van der Waals surface area contributed by atoms with E-state index in [1.54, 1.807) is 7.05 Å². The van der Waals surface area contributed by atoms with Crippen LogP contribution in [0.4, 0.5) is 0 Å². The lowest BCUT2D eigenvalue weighted by molar-refractivity contribution is 0.149. The highest BCUT2D eigenvalue weighted by Gasteiger charge is 2.05. The van der Waals surface area contributed by atoms with Gasteiger partial charge in [-0.15, -0.1) is 0 Å². The maximum Gasteiger partial charge on any atom is 0.130 e. The molecule has 0 aliphatic heterocycles. The van der Waals surface area contributed by atoms with E-state index in [1.165, 1.54) is 5.56 Å². The molecule has 2 atom stereocenters. The fourth-order valence-corrected chi connectivity index (χ4v) is 1.41. The van der Waals surface area contributed by atoms with Crippen molar-refractivity contribution in [1.29, 1.82) is 0 Å². The smallest absolute Gasteiger partial charge is 0.130 e. The van der Waals surface area contributed by atoms with Gasteiger partial charge < -0.3 is 5.11 Å². The average Bonchev–Trinajstić information content (AvgIpc) is 2.27. The van der Waals surface area contributed by atoms with Crippen molar-refractivity contribution in [3.8, 4) is 0 Å². The second-order valence-electron chi connectivity index (χ2n) is 3.67. The zero-order valence-electron chi connectivity index (χ0n) is 9.12. The van der Waals surface area contributed by atoms with Gasteiger partial charge >= 0.3 is 0 Å². The van der Waals surface area contributed by atoms with Crippen LogP contribution in [0.2, 0.25) is 0 Å². The molecule has 0 amide bonds. The molecular weight excluding hydrogens is 174 g/mol. The zero-order valence-corrected chi connectivity index (χ0v) is 9.12. The van der Waals surface area contributed by atoms with Crippen LogP contribution in [0.1, 0.15) is 43.5 Å². The maximum absolute atomic E-state index is 9.50. The topological polar surface area (TPSA) is 32.3 Å². The summed E-state index contributed by atoms with van der Waals surface area (Å²) in [5.74, 6) is 0.593. The quantitative estimate of drug-likeness (QED) is 0.720. The molecule has 2 heteroatoms. The fourth-order valence-electron chi connectivity index (χ4n) is 1.41. The van der Waals surface area contributed by atoms with E-state index in [4.69, 9.17) is 0 Å². The summed E-state index contributed by atoms with van der Waals surface area (Å²) in [5.41, 5.74) is 2.25. The summed E-state index contributed by atoms with van der Waals surface area (Å²) in [6, 6.07) is 8.12. The van der Waals surface area contributed by atoms with Gasteiger partial charge in [-0.05, 0) is 30.5 Å². The van der Waals surface area contributed by atoms with Crippen molar-refractivity contribution in [2.75, 3.05) is 7.05 Å². The van der Waals surface area contributed by atoms with E-state index in [1.807, 2.05) is 12.1 Å². The van der Waals surface area contributed by atoms with Crippen LogP contribution in [0.3, 0.4) is 0 Å². The van der Waals surface area contributed by atoms with Gasteiger partial charge in [0.15, 0.2) is 0 Å². The zero-order chi connectivity index (χ0) is 10.6. The Morgan fingerprint density at radius 2 is 1.71 bits per heavy atom. The van der Waals surface area contributed by atoms with Gasteiger partial charge in [-0.3, -0.25) is 5.32 Å². The minimum atomic E-state index is -0.555. The first-order valence-electron chi connectivity index (χ1n) is 5.14. The molecule has 0 aliphatic carbocycles. The molecule has 0 saturated heterocycles. The number of aliphatic hydroxyl groups excluding tert-OH is 1. The molecule has 2 nitrogen and oxygen atoms in total. The second-order valence-corrected chi connectivity index (χ2v) is 3.67. The highest BCUT2D eigenvalue weighted by molar-refractivity contribution is 5.26. The molecule has 1 aromatic carbocycles. The van der Waals surface area contributed by atoms with E-state index < -0.39 is 6.23 Å². The van der Waals surface area contributed by atoms with Crippen LogP contribution in [0.25, 0.3) is 0 Å². The Morgan fingerprint density at radius 3 is 2.14 bits per heavy atom. The van der Waals surface area contributed by atoms with Crippen molar-refractivity contribution in [2.45, 2.75) is 32.4 Å². The molecule has 14 heavy (non-hydrogen) atoms. The molecule has 1 rings (SSSR count). The molecule has 0 aromatic heterocycles. The number of aliphatic hydroxyl groups is 1. The molecular formula is C12H19NO. The van der Waals surface area contributed by atoms with Crippen LogP contribution in [0.5, 0.6) is 0 Å². The summed E-state index contributed by atoms with van der Waals surface area (Å²) >= 11 is 0. The molecule has 0 aliphatic rings. The third kappa shape index (κ3) is 2.56.